The van der Waals surface area contributed by atoms with Crippen LogP contribution in [-0.4, -0.2) is 20.8 Å². The number of carbonyl (C=O) groups excluding carboxylic acids is 1. The third kappa shape index (κ3) is 2.93. The molecule has 0 spiro atoms. The highest BCUT2D eigenvalue weighted by Crippen LogP contribution is 2.23. The molecule has 0 unspecified atom stereocenters. The molecule has 5 nitrogen and oxygen atoms in total. The first-order valence-electron chi connectivity index (χ1n) is 6.30. The maximum Gasteiger partial charge on any atom is 0.255 e. The summed E-state index contributed by atoms with van der Waals surface area (Å²) >= 11 is 5.75. The summed E-state index contributed by atoms with van der Waals surface area (Å²) in [5.74, 6) is -0.470. The number of aryl methyl sites for hydroxylation is 1. The predicted octanol–water partition coefficient (Wildman–Crippen LogP) is 2.66. The second-order valence-electron chi connectivity index (χ2n) is 4.48. The summed E-state index contributed by atoms with van der Waals surface area (Å²) in [7, 11) is 1.82. The highest BCUT2D eigenvalue weighted by atomic mass is 35.5. The fourth-order valence-corrected chi connectivity index (χ4v) is 2.21. The quantitative estimate of drug-likeness (QED) is 0.911. The molecule has 0 bridgehead atoms. The van der Waals surface area contributed by atoms with Crippen LogP contribution in [0, 0.1) is 0 Å². The van der Waals surface area contributed by atoms with Crippen molar-refractivity contribution in [3.05, 3.63) is 46.7 Å². The summed E-state index contributed by atoms with van der Waals surface area (Å²) in [6, 6.07) is 6.12. The molecule has 1 aromatic heterocycles. The van der Waals surface area contributed by atoms with Crippen molar-refractivity contribution in [2.45, 2.75) is 19.4 Å². The number of aromatic hydroxyl groups is 1. The Morgan fingerprint density at radius 3 is 2.80 bits per heavy atom. The molecule has 1 aromatic carbocycles. The van der Waals surface area contributed by atoms with Crippen LogP contribution in [0.1, 0.15) is 35.4 Å². The normalized spacial score (nSPS) is 12.2. The van der Waals surface area contributed by atoms with Crippen LogP contribution >= 0.6 is 11.6 Å². The maximum atomic E-state index is 12.2. The van der Waals surface area contributed by atoms with E-state index in [1.807, 2.05) is 20.0 Å². The molecule has 1 amide bonds. The number of carbonyl (C=O) groups is 1. The van der Waals surface area contributed by atoms with E-state index in [-0.39, 0.29) is 23.3 Å². The molecule has 1 atom stereocenters. The second kappa shape index (κ2) is 5.96. The van der Waals surface area contributed by atoms with Gasteiger partial charge < -0.3 is 10.4 Å². The Balaban J connectivity index is 2.19. The van der Waals surface area contributed by atoms with Gasteiger partial charge in [-0.05, 0) is 30.7 Å². The van der Waals surface area contributed by atoms with Crippen molar-refractivity contribution in [1.82, 2.24) is 15.1 Å². The molecule has 0 aliphatic rings. The van der Waals surface area contributed by atoms with Crippen molar-refractivity contribution < 1.29 is 9.90 Å². The Morgan fingerprint density at radius 1 is 1.50 bits per heavy atom. The van der Waals surface area contributed by atoms with Crippen LogP contribution in [0.5, 0.6) is 5.75 Å². The lowest BCUT2D eigenvalue weighted by atomic mass is 10.1. The maximum absolute atomic E-state index is 12.2. The van der Waals surface area contributed by atoms with Gasteiger partial charge in [0, 0.05) is 18.3 Å². The smallest absolute Gasteiger partial charge is 0.255 e. The zero-order valence-electron chi connectivity index (χ0n) is 11.3. The van der Waals surface area contributed by atoms with E-state index in [4.69, 9.17) is 11.6 Å². The third-order valence-corrected chi connectivity index (χ3v) is 3.37. The van der Waals surface area contributed by atoms with Crippen molar-refractivity contribution in [2.75, 3.05) is 0 Å². The third-order valence-electron chi connectivity index (χ3n) is 3.13. The van der Waals surface area contributed by atoms with Crippen LogP contribution in [0.4, 0.5) is 0 Å². The molecule has 0 radical (unpaired) electrons. The molecule has 0 aliphatic carbocycles. The van der Waals surface area contributed by atoms with Crippen molar-refractivity contribution in [3.8, 4) is 5.75 Å². The Morgan fingerprint density at radius 2 is 2.25 bits per heavy atom. The van der Waals surface area contributed by atoms with Gasteiger partial charge in [0.15, 0.2) is 0 Å². The molecule has 20 heavy (non-hydrogen) atoms. The second-order valence-corrected chi connectivity index (χ2v) is 4.91. The van der Waals surface area contributed by atoms with Crippen LogP contribution in [0.2, 0.25) is 5.02 Å². The number of rotatable bonds is 4. The van der Waals surface area contributed by atoms with Gasteiger partial charge in [-0.3, -0.25) is 9.48 Å². The van der Waals surface area contributed by atoms with Gasteiger partial charge in [0.25, 0.3) is 5.91 Å². The Labute approximate surface area is 122 Å². The number of hydrogen-bond donors (Lipinski definition) is 2. The Hall–Kier alpha value is -2.01. The van der Waals surface area contributed by atoms with Crippen LogP contribution in [0.25, 0.3) is 0 Å². The molecule has 2 aromatic rings. The number of phenols is 1. The van der Waals surface area contributed by atoms with Crippen molar-refractivity contribution >= 4 is 17.5 Å². The molecule has 106 valence electrons. The molecule has 2 rings (SSSR count). The number of aromatic nitrogens is 2. The molecular weight excluding hydrogens is 278 g/mol. The molecule has 2 N–H and O–H groups in total. The zero-order valence-corrected chi connectivity index (χ0v) is 12.1. The van der Waals surface area contributed by atoms with E-state index in [1.165, 1.54) is 12.1 Å². The summed E-state index contributed by atoms with van der Waals surface area (Å²) in [6.45, 7) is 1.97. The number of halogens is 1. The van der Waals surface area contributed by atoms with Gasteiger partial charge in [-0.15, -0.1) is 0 Å². The minimum atomic E-state index is -0.341. The average Bonchev–Trinajstić information content (AvgIpc) is 2.82. The fourth-order valence-electron chi connectivity index (χ4n) is 2.04. The predicted molar refractivity (Wildman–Crippen MR) is 76.8 cm³/mol. The van der Waals surface area contributed by atoms with Gasteiger partial charge in [0.2, 0.25) is 0 Å². The molecule has 6 heteroatoms. The number of nitrogens with one attached hydrogen (secondary N) is 1. The van der Waals surface area contributed by atoms with E-state index in [2.05, 4.69) is 10.4 Å². The van der Waals surface area contributed by atoms with Crippen molar-refractivity contribution in [3.63, 3.8) is 0 Å². The van der Waals surface area contributed by atoms with Gasteiger partial charge in [-0.2, -0.15) is 5.10 Å². The van der Waals surface area contributed by atoms with Crippen molar-refractivity contribution in [2.24, 2.45) is 7.05 Å². The summed E-state index contributed by atoms with van der Waals surface area (Å²) in [5, 5.41) is 17.1. The molecule has 1 heterocycles. The number of benzene rings is 1. The number of nitrogens with zero attached hydrogens (tertiary/aromatic N) is 2. The monoisotopic (exact) mass is 293 g/mol. The summed E-state index contributed by atoms with van der Waals surface area (Å²) in [4.78, 5) is 12.2. The Bertz CT molecular complexity index is 625. The summed E-state index contributed by atoms with van der Waals surface area (Å²) < 4.78 is 1.72. The first-order valence-corrected chi connectivity index (χ1v) is 6.68. The molecular formula is C14H16ClN3O2. The lowest BCUT2D eigenvalue weighted by Gasteiger charge is -2.17. The van der Waals surface area contributed by atoms with E-state index in [0.29, 0.717) is 5.02 Å². The van der Waals surface area contributed by atoms with E-state index >= 15 is 0 Å². The topological polar surface area (TPSA) is 67.2 Å². The number of amides is 1. The van der Waals surface area contributed by atoms with Gasteiger partial charge in [-0.1, -0.05) is 18.5 Å². The lowest BCUT2D eigenvalue weighted by molar-refractivity contribution is 0.0931. The van der Waals surface area contributed by atoms with Gasteiger partial charge >= 0.3 is 0 Å². The highest BCUT2D eigenvalue weighted by molar-refractivity contribution is 6.30. The minimum absolute atomic E-state index is 0.130. The van der Waals surface area contributed by atoms with E-state index in [0.717, 1.165) is 12.1 Å². The van der Waals surface area contributed by atoms with Crippen LogP contribution in [-0.2, 0) is 7.05 Å². The summed E-state index contributed by atoms with van der Waals surface area (Å²) in [6.07, 6.45) is 2.41. The standard InChI is InChI=1S/C14H16ClN3O2/c1-3-11(12-6-7-16-18(12)2)17-14(20)10-5-4-9(15)8-13(10)19/h4-8,11,19H,3H2,1-2H3,(H,17,20)/t11-/m1/s1. The summed E-state index contributed by atoms with van der Waals surface area (Å²) in [5.41, 5.74) is 1.12. The van der Waals surface area contributed by atoms with Crippen LogP contribution in [0.3, 0.4) is 0 Å². The van der Waals surface area contributed by atoms with E-state index < -0.39 is 0 Å². The zero-order chi connectivity index (χ0) is 14.7. The lowest BCUT2D eigenvalue weighted by Crippen LogP contribution is -2.29. The van der Waals surface area contributed by atoms with Gasteiger partial charge in [-0.25, -0.2) is 0 Å². The van der Waals surface area contributed by atoms with Gasteiger partial charge in [0.1, 0.15) is 5.75 Å². The van der Waals surface area contributed by atoms with Gasteiger partial charge in [0.05, 0.1) is 17.3 Å². The number of hydrogen-bond acceptors (Lipinski definition) is 3. The first-order chi connectivity index (χ1) is 9.52. The molecule has 0 fully saturated rings. The highest BCUT2D eigenvalue weighted by Gasteiger charge is 2.18. The van der Waals surface area contributed by atoms with Crippen LogP contribution < -0.4 is 5.32 Å². The van der Waals surface area contributed by atoms with E-state index in [1.54, 1.807) is 16.9 Å². The Kier molecular flexibility index (Phi) is 4.29. The minimum Gasteiger partial charge on any atom is -0.507 e. The molecule has 0 saturated carbocycles. The average molecular weight is 294 g/mol. The van der Waals surface area contributed by atoms with Crippen LogP contribution in [0.15, 0.2) is 30.5 Å². The molecule has 0 aliphatic heterocycles. The largest absolute Gasteiger partial charge is 0.507 e. The first kappa shape index (κ1) is 14.4. The van der Waals surface area contributed by atoms with E-state index in [9.17, 15) is 9.90 Å². The number of phenolic OH excluding ortho intramolecular Hbond substituents is 1. The fraction of sp³-hybridized carbons (Fsp3) is 0.286. The molecule has 0 saturated heterocycles. The van der Waals surface area contributed by atoms with Crippen molar-refractivity contribution in [1.29, 1.82) is 0 Å². The SMILES string of the molecule is CC[C@@H](NC(=O)c1ccc(Cl)cc1O)c1ccnn1C.